The lowest BCUT2D eigenvalue weighted by atomic mass is 10.2. The third-order valence-electron chi connectivity index (χ3n) is 2.29. The van der Waals surface area contributed by atoms with Crippen LogP contribution in [-0.2, 0) is 0 Å². The van der Waals surface area contributed by atoms with Gasteiger partial charge in [-0.25, -0.2) is 4.98 Å². The van der Waals surface area contributed by atoms with E-state index in [1.165, 1.54) is 5.56 Å². The van der Waals surface area contributed by atoms with Gasteiger partial charge in [0.05, 0.1) is 6.04 Å². The van der Waals surface area contributed by atoms with E-state index in [0.29, 0.717) is 5.95 Å². The van der Waals surface area contributed by atoms with Gasteiger partial charge in [0.25, 0.3) is 0 Å². The summed E-state index contributed by atoms with van der Waals surface area (Å²) in [6, 6.07) is 4.23. The fraction of sp³-hybridized carbons (Fsp3) is 0.273. The Morgan fingerprint density at radius 1 is 1.38 bits per heavy atom. The van der Waals surface area contributed by atoms with Crippen molar-refractivity contribution in [3.05, 3.63) is 34.7 Å². The molecule has 0 amide bonds. The van der Waals surface area contributed by atoms with Gasteiger partial charge in [0.1, 0.15) is 5.82 Å². The van der Waals surface area contributed by atoms with Crippen molar-refractivity contribution in [3.8, 4) is 0 Å². The van der Waals surface area contributed by atoms with E-state index in [9.17, 15) is 0 Å². The van der Waals surface area contributed by atoms with E-state index in [1.807, 2.05) is 6.07 Å². The molecule has 1 atom stereocenters. The predicted molar refractivity (Wildman–Crippen MR) is 67.9 cm³/mol. The number of nitrogens with zero attached hydrogens (tertiary/aromatic N) is 2. The van der Waals surface area contributed by atoms with Crippen molar-refractivity contribution in [1.82, 2.24) is 9.97 Å². The molecule has 84 valence electrons. The van der Waals surface area contributed by atoms with Crippen LogP contribution in [0.15, 0.2) is 29.1 Å². The van der Waals surface area contributed by atoms with Gasteiger partial charge in [-0.15, -0.1) is 0 Å². The zero-order chi connectivity index (χ0) is 11.4. The number of anilines is 2. The van der Waals surface area contributed by atoms with Crippen LogP contribution in [0.3, 0.4) is 0 Å². The number of aromatic nitrogens is 2. The minimum Gasteiger partial charge on any atom is -0.363 e. The van der Waals surface area contributed by atoms with E-state index in [0.717, 1.165) is 5.82 Å². The van der Waals surface area contributed by atoms with Gasteiger partial charge in [0.2, 0.25) is 5.95 Å². The summed E-state index contributed by atoms with van der Waals surface area (Å²) in [6.07, 6.45) is 1.74. The van der Waals surface area contributed by atoms with Crippen LogP contribution in [0.25, 0.3) is 0 Å². The standard InChI is InChI=1S/C11H14N4S/c1-8(9-4-6-16-7-9)14-10-3-5-13-11(12-2)15-10/h3-8H,1-2H3,(H2,12,13,14,15). The summed E-state index contributed by atoms with van der Waals surface area (Å²) >= 11 is 1.70. The molecule has 0 aromatic carbocycles. The molecule has 2 N–H and O–H groups in total. The van der Waals surface area contributed by atoms with E-state index < -0.39 is 0 Å². The first kappa shape index (κ1) is 10.9. The normalized spacial score (nSPS) is 12.1. The molecule has 2 aromatic rings. The third-order valence-corrected chi connectivity index (χ3v) is 2.99. The van der Waals surface area contributed by atoms with Crippen molar-refractivity contribution in [1.29, 1.82) is 0 Å². The summed E-state index contributed by atoms with van der Waals surface area (Å²) in [5.74, 6) is 1.46. The topological polar surface area (TPSA) is 49.8 Å². The van der Waals surface area contributed by atoms with Gasteiger partial charge in [-0.3, -0.25) is 0 Å². The van der Waals surface area contributed by atoms with Gasteiger partial charge in [-0.1, -0.05) is 0 Å². The minimum absolute atomic E-state index is 0.255. The molecule has 0 bridgehead atoms. The Morgan fingerprint density at radius 2 is 2.25 bits per heavy atom. The Labute approximate surface area is 98.8 Å². The molecule has 0 saturated carbocycles. The number of nitrogens with one attached hydrogen (secondary N) is 2. The molecular formula is C11H14N4S. The first-order valence-electron chi connectivity index (χ1n) is 5.09. The highest BCUT2D eigenvalue weighted by molar-refractivity contribution is 7.07. The van der Waals surface area contributed by atoms with Crippen molar-refractivity contribution in [2.45, 2.75) is 13.0 Å². The van der Waals surface area contributed by atoms with Gasteiger partial charge in [0, 0.05) is 13.2 Å². The lowest BCUT2D eigenvalue weighted by Crippen LogP contribution is -2.08. The molecule has 0 aliphatic carbocycles. The first-order valence-corrected chi connectivity index (χ1v) is 6.03. The van der Waals surface area contributed by atoms with E-state index in [4.69, 9.17) is 0 Å². The lowest BCUT2D eigenvalue weighted by molar-refractivity contribution is 0.878. The molecule has 2 heterocycles. The zero-order valence-electron chi connectivity index (χ0n) is 9.27. The Morgan fingerprint density at radius 3 is 2.94 bits per heavy atom. The van der Waals surface area contributed by atoms with Crippen LogP contribution >= 0.6 is 11.3 Å². The molecule has 0 radical (unpaired) electrons. The van der Waals surface area contributed by atoms with E-state index in [2.05, 4.69) is 44.4 Å². The summed E-state index contributed by atoms with van der Waals surface area (Å²) in [5.41, 5.74) is 1.27. The average molecular weight is 234 g/mol. The van der Waals surface area contributed by atoms with E-state index >= 15 is 0 Å². The Balaban J connectivity index is 2.08. The summed E-state index contributed by atoms with van der Waals surface area (Å²) in [4.78, 5) is 8.38. The third kappa shape index (κ3) is 2.49. The van der Waals surface area contributed by atoms with Crippen LogP contribution in [-0.4, -0.2) is 17.0 Å². The Hall–Kier alpha value is -1.62. The van der Waals surface area contributed by atoms with Crippen LogP contribution in [0.2, 0.25) is 0 Å². The highest BCUT2D eigenvalue weighted by Crippen LogP contribution is 2.20. The quantitative estimate of drug-likeness (QED) is 0.854. The van der Waals surface area contributed by atoms with Crippen molar-refractivity contribution in [2.75, 3.05) is 17.7 Å². The largest absolute Gasteiger partial charge is 0.363 e. The Kier molecular flexibility index (Phi) is 3.36. The molecule has 4 nitrogen and oxygen atoms in total. The van der Waals surface area contributed by atoms with Gasteiger partial charge in [-0.05, 0) is 35.4 Å². The summed E-state index contributed by atoms with van der Waals surface area (Å²) in [7, 11) is 1.81. The van der Waals surface area contributed by atoms with Crippen LogP contribution in [0.5, 0.6) is 0 Å². The molecule has 0 spiro atoms. The fourth-order valence-corrected chi connectivity index (χ4v) is 2.14. The molecular weight excluding hydrogens is 220 g/mol. The van der Waals surface area contributed by atoms with Crippen LogP contribution in [0.1, 0.15) is 18.5 Å². The first-order chi connectivity index (χ1) is 7.79. The van der Waals surface area contributed by atoms with Crippen LogP contribution in [0.4, 0.5) is 11.8 Å². The lowest BCUT2D eigenvalue weighted by Gasteiger charge is -2.13. The second-order valence-electron chi connectivity index (χ2n) is 3.44. The van der Waals surface area contributed by atoms with Crippen LogP contribution in [0, 0.1) is 0 Å². The second kappa shape index (κ2) is 4.94. The highest BCUT2D eigenvalue weighted by atomic mass is 32.1. The van der Waals surface area contributed by atoms with Crippen molar-refractivity contribution >= 4 is 23.1 Å². The number of hydrogen-bond donors (Lipinski definition) is 2. The van der Waals surface area contributed by atoms with Gasteiger partial charge in [-0.2, -0.15) is 16.3 Å². The molecule has 16 heavy (non-hydrogen) atoms. The van der Waals surface area contributed by atoms with E-state index in [-0.39, 0.29) is 6.04 Å². The fourth-order valence-electron chi connectivity index (χ4n) is 1.39. The van der Waals surface area contributed by atoms with E-state index in [1.54, 1.807) is 24.6 Å². The molecule has 0 fully saturated rings. The highest BCUT2D eigenvalue weighted by Gasteiger charge is 2.06. The zero-order valence-corrected chi connectivity index (χ0v) is 10.1. The molecule has 5 heteroatoms. The van der Waals surface area contributed by atoms with Gasteiger partial charge < -0.3 is 10.6 Å². The summed E-state index contributed by atoms with van der Waals surface area (Å²) in [5, 5.41) is 10.5. The number of rotatable bonds is 4. The monoisotopic (exact) mass is 234 g/mol. The maximum Gasteiger partial charge on any atom is 0.224 e. The molecule has 1 unspecified atom stereocenters. The van der Waals surface area contributed by atoms with Crippen molar-refractivity contribution in [2.24, 2.45) is 0 Å². The summed E-state index contributed by atoms with van der Waals surface area (Å²) in [6.45, 7) is 2.11. The summed E-state index contributed by atoms with van der Waals surface area (Å²) < 4.78 is 0. The molecule has 2 aromatic heterocycles. The van der Waals surface area contributed by atoms with Crippen molar-refractivity contribution in [3.63, 3.8) is 0 Å². The smallest absolute Gasteiger partial charge is 0.224 e. The van der Waals surface area contributed by atoms with Gasteiger partial charge >= 0.3 is 0 Å². The maximum atomic E-state index is 4.31. The average Bonchev–Trinajstić information content (AvgIpc) is 2.83. The molecule has 0 aliphatic heterocycles. The molecule has 0 saturated heterocycles. The number of hydrogen-bond acceptors (Lipinski definition) is 5. The maximum absolute atomic E-state index is 4.31. The molecule has 0 aliphatic rings. The van der Waals surface area contributed by atoms with Crippen LogP contribution < -0.4 is 10.6 Å². The molecule has 2 rings (SSSR count). The second-order valence-corrected chi connectivity index (χ2v) is 4.22. The van der Waals surface area contributed by atoms with Crippen molar-refractivity contribution < 1.29 is 0 Å². The SMILES string of the molecule is CNc1nccc(NC(C)c2ccsc2)n1. The predicted octanol–water partition coefficient (Wildman–Crippen LogP) is 2.75. The Bertz CT molecular complexity index is 441. The number of thiophene rings is 1. The minimum atomic E-state index is 0.255. The van der Waals surface area contributed by atoms with Gasteiger partial charge in [0.15, 0.2) is 0 Å².